The fraction of sp³-hybridized carbons (Fsp3) is 0.400. The Morgan fingerprint density at radius 2 is 1.58 bits per heavy atom. The summed E-state index contributed by atoms with van der Waals surface area (Å²) in [5.74, 6) is 0. The van der Waals surface area contributed by atoms with Gasteiger partial charge in [-0.25, -0.2) is 9.97 Å². The lowest BCUT2D eigenvalue weighted by atomic mass is 9.86. The number of hydrogen-bond acceptors (Lipinski definition) is 4. The van der Waals surface area contributed by atoms with Crippen molar-refractivity contribution in [1.29, 1.82) is 0 Å². The third kappa shape index (κ3) is 6.30. The summed E-state index contributed by atoms with van der Waals surface area (Å²) in [6.45, 7) is 15.0. The second-order valence-electron chi connectivity index (χ2n) is 11.8. The predicted molar refractivity (Wildman–Crippen MR) is 151 cm³/mol. The molecule has 4 aromatic rings. The quantitative estimate of drug-likeness (QED) is 0.203. The summed E-state index contributed by atoms with van der Waals surface area (Å²) in [6.07, 6.45) is 2.41. The van der Waals surface area contributed by atoms with E-state index in [1.54, 1.807) is 6.33 Å². The van der Waals surface area contributed by atoms with Gasteiger partial charge in [-0.15, -0.1) is 0 Å². The average molecular weight is 502 g/mol. The van der Waals surface area contributed by atoms with Crippen LogP contribution in [0.25, 0.3) is 22.3 Å². The van der Waals surface area contributed by atoms with Crippen LogP contribution < -0.4 is 0 Å². The molecular weight excluding hydrogens is 462 g/mol. The molecule has 0 aliphatic carbocycles. The van der Waals surface area contributed by atoms with E-state index in [2.05, 4.69) is 97.4 Å². The van der Waals surface area contributed by atoms with Crippen molar-refractivity contribution in [1.82, 2.24) is 14.5 Å². The fourth-order valence-corrected chi connectivity index (χ4v) is 5.01. The standard InChI is InChI=1S/C30H39N3O2Si/c1-30(2,3)25-13-9-22(10-14-25)17-27-26-18-28(24-11-7-23(19-34)8-12-24)33(29(26)32-20-31-27)21-35-15-16-36(4,5)6/h7-14,18,20,34H,15-17,19,21H2,1-6H3. The SMILES string of the molecule is CC(C)(C)c1ccc(Cc2ncnc3c2cc(-c2ccc(CO)cc2)n3COCC[Si](C)(C)C)cc1. The van der Waals surface area contributed by atoms with Crippen LogP contribution in [0.1, 0.15) is 43.2 Å². The molecule has 5 nitrogen and oxygen atoms in total. The van der Waals surface area contributed by atoms with Crippen LogP contribution in [0.3, 0.4) is 0 Å². The Hall–Kier alpha value is -2.80. The van der Waals surface area contributed by atoms with E-state index in [4.69, 9.17) is 4.74 Å². The monoisotopic (exact) mass is 501 g/mol. The van der Waals surface area contributed by atoms with Gasteiger partial charge in [-0.05, 0) is 39.8 Å². The maximum atomic E-state index is 9.47. The third-order valence-corrected chi connectivity index (χ3v) is 8.32. The lowest BCUT2D eigenvalue weighted by Crippen LogP contribution is -2.22. The normalized spacial score (nSPS) is 12.4. The molecular formula is C30H39N3O2Si. The molecule has 1 N–H and O–H groups in total. The van der Waals surface area contributed by atoms with E-state index in [0.29, 0.717) is 6.73 Å². The average Bonchev–Trinajstić information content (AvgIpc) is 3.20. The first kappa shape index (κ1) is 26.3. The van der Waals surface area contributed by atoms with Crippen LogP contribution in [-0.4, -0.2) is 34.3 Å². The van der Waals surface area contributed by atoms with Gasteiger partial charge >= 0.3 is 0 Å². The number of aliphatic hydroxyl groups excluding tert-OH is 1. The Kier molecular flexibility index (Phi) is 7.78. The first-order valence-corrected chi connectivity index (χ1v) is 16.5. The van der Waals surface area contributed by atoms with Gasteiger partial charge in [0.15, 0.2) is 0 Å². The van der Waals surface area contributed by atoms with Gasteiger partial charge < -0.3 is 14.4 Å². The molecule has 0 amide bonds. The van der Waals surface area contributed by atoms with Crippen molar-refractivity contribution in [3.05, 3.63) is 83.3 Å². The van der Waals surface area contributed by atoms with Crippen LogP contribution in [0.4, 0.5) is 0 Å². The van der Waals surface area contributed by atoms with Gasteiger partial charge in [-0.1, -0.05) is 88.9 Å². The fourth-order valence-electron chi connectivity index (χ4n) is 4.25. The zero-order valence-electron chi connectivity index (χ0n) is 22.5. The molecule has 0 saturated heterocycles. The highest BCUT2D eigenvalue weighted by molar-refractivity contribution is 6.76. The summed E-state index contributed by atoms with van der Waals surface area (Å²) in [5.41, 5.74) is 7.61. The van der Waals surface area contributed by atoms with E-state index in [-0.39, 0.29) is 12.0 Å². The summed E-state index contributed by atoms with van der Waals surface area (Å²) in [6, 6.07) is 20.2. The summed E-state index contributed by atoms with van der Waals surface area (Å²) >= 11 is 0. The van der Waals surface area contributed by atoms with Crippen LogP contribution in [0.2, 0.25) is 25.7 Å². The summed E-state index contributed by atoms with van der Waals surface area (Å²) in [4.78, 5) is 9.36. The number of benzene rings is 2. The minimum absolute atomic E-state index is 0.0344. The van der Waals surface area contributed by atoms with Crippen molar-refractivity contribution in [2.75, 3.05) is 6.61 Å². The molecule has 2 heterocycles. The van der Waals surface area contributed by atoms with Gasteiger partial charge in [0.2, 0.25) is 0 Å². The lowest BCUT2D eigenvalue weighted by molar-refractivity contribution is 0.0909. The highest BCUT2D eigenvalue weighted by Gasteiger charge is 2.18. The van der Waals surface area contributed by atoms with Crippen LogP contribution in [-0.2, 0) is 29.9 Å². The van der Waals surface area contributed by atoms with Crippen LogP contribution >= 0.6 is 0 Å². The van der Waals surface area contributed by atoms with Crippen molar-refractivity contribution >= 4 is 19.1 Å². The molecule has 2 aromatic carbocycles. The Labute approximate surface area is 216 Å². The Balaban J connectivity index is 1.69. The predicted octanol–water partition coefficient (Wildman–Crippen LogP) is 6.79. The summed E-state index contributed by atoms with van der Waals surface area (Å²) in [5, 5.41) is 10.5. The number of nitrogens with zero attached hydrogens (tertiary/aromatic N) is 3. The molecule has 0 aliphatic rings. The van der Waals surface area contributed by atoms with Gasteiger partial charge in [0, 0.05) is 26.5 Å². The topological polar surface area (TPSA) is 60.2 Å². The number of hydrogen-bond donors (Lipinski definition) is 1. The molecule has 0 unspecified atom stereocenters. The molecule has 6 heteroatoms. The number of rotatable bonds is 9. The Morgan fingerprint density at radius 1 is 0.917 bits per heavy atom. The van der Waals surface area contributed by atoms with Crippen molar-refractivity contribution in [2.24, 2.45) is 0 Å². The molecule has 0 atom stereocenters. The number of ether oxygens (including phenoxy) is 1. The second-order valence-corrected chi connectivity index (χ2v) is 17.5. The molecule has 36 heavy (non-hydrogen) atoms. The van der Waals surface area contributed by atoms with E-state index in [9.17, 15) is 5.11 Å². The van der Waals surface area contributed by atoms with Gasteiger partial charge in [0.05, 0.1) is 18.0 Å². The molecule has 0 fully saturated rings. The minimum Gasteiger partial charge on any atom is -0.392 e. The summed E-state index contributed by atoms with van der Waals surface area (Å²) < 4.78 is 8.32. The highest BCUT2D eigenvalue weighted by Crippen LogP contribution is 2.30. The van der Waals surface area contributed by atoms with E-state index in [1.165, 1.54) is 11.1 Å². The third-order valence-electron chi connectivity index (χ3n) is 6.61. The number of aromatic nitrogens is 3. The highest BCUT2D eigenvalue weighted by atomic mass is 28.3. The lowest BCUT2D eigenvalue weighted by Gasteiger charge is -2.19. The summed E-state index contributed by atoms with van der Waals surface area (Å²) in [7, 11) is -1.17. The zero-order valence-corrected chi connectivity index (χ0v) is 23.5. The van der Waals surface area contributed by atoms with Crippen molar-refractivity contribution in [2.45, 2.75) is 71.6 Å². The van der Waals surface area contributed by atoms with Gasteiger partial charge in [0.25, 0.3) is 0 Å². The van der Waals surface area contributed by atoms with Gasteiger partial charge in [-0.2, -0.15) is 0 Å². The van der Waals surface area contributed by atoms with Crippen LogP contribution in [0, 0.1) is 0 Å². The number of fused-ring (bicyclic) bond motifs is 1. The molecule has 0 spiro atoms. The molecule has 2 aromatic heterocycles. The second kappa shape index (κ2) is 10.7. The van der Waals surface area contributed by atoms with Crippen LogP contribution in [0.15, 0.2) is 60.9 Å². The van der Waals surface area contributed by atoms with E-state index >= 15 is 0 Å². The Morgan fingerprint density at radius 3 is 2.19 bits per heavy atom. The van der Waals surface area contributed by atoms with E-state index in [0.717, 1.165) is 52.6 Å². The molecule has 0 saturated carbocycles. The largest absolute Gasteiger partial charge is 0.392 e. The number of aliphatic hydroxyl groups is 1. The zero-order chi connectivity index (χ0) is 25.9. The smallest absolute Gasteiger partial charge is 0.145 e. The molecule has 4 rings (SSSR count). The van der Waals surface area contributed by atoms with Crippen molar-refractivity contribution in [3.8, 4) is 11.3 Å². The maximum absolute atomic E-state index is 9.47. The van der Waals surface area contributed by atoms with Crippen molar-refractivity contribution in [3.63, 3.8) is 0 Å². The van der Waals surface area contributed by atoms with Gasteiger partial charge in [0.1, 0.15) is 18.7 Å². The van der Waals surface area contributed by atoms with Gasteiger partial charge in [-0.3, -0.25) is 0 Å². The van der Waals surface area contributed by atoms with Crippen molar-refractivity contribution < 1.29 is 9.84 Å². The molecule has 0 aliphatic heterocycles. The Bertz CT molecular complexity index is 1300. The molecule has 190 valence electrons. The van der Waals surface area contributed by atoms with E-state index < -0.39 is 8.07 Å². The van der Waals surface area contributed by atoms with E-state index in [1.807, 2.05) is 12.1 Å². The molecule has 0 radical (unpaired) electrons. The molecule has 0 bridgehead atoms. The first-order chi connectivity index (χ1) is 17.0. The minimum atomic E-state index is -1.17. The van der Waals surface area contributed by atoms with Crippen LogP contribution in [0.5, 0.6) is 0 Å². The maximum Gasteiger partial charge on any atom is 0.145 e. The first-order valence-electron chi connectivity index (χ1n) is 12.8.